The number of fused-ring (bicyclic) bond motifs is 1. The summed E-state index contributed by atoms with van der Waals surface area (Å²) < 4.78 is 10.7. The molecule has 0 radical (unpaired) electrons. The van der Waals surface area contributed by atoms with Gasteiger partial charge in [-0.15, -0.1) is 0 Å². The molecular weight excluding hydrogens is 400 g/mol. The lowest BCUT2D eigenvalue weighted by Gasteiger charge is -2.37. The molecule has 9 nitrogen and oxygen atoms in total. The SMILES string of the molecule is CNC1=C(c2nc3ccccc3[nH]2)C(=O)C(CO)(CO)N1c1cc(OC)cc(OC)c1. The van der Waals surface area contributed by atoms with Gasteiger partial charge in [0.15, 0.2) is 5.54 Å². The Morgan fingerprint density at radius 2 is 1.74 bits per heavy atom. The number of nitrogens with zero attached hydrogens (tertiary/aromatic N) is 2. The molecule has 3 aromatic rings. The third kappa shape index (κ3) is 3.09. The number of aromatic amines is 1. The number of ether oxygens (including phenoxy) is 2. The Hall–Kier alpha value is -3.56. The van der Waals surface area contributed by atoms with Crippen LogP contribution in [0, 0.1) is 0 Å². The zero-order valence-corrected chi connectivity index (χ0v) is 17.5. The molecule has 0 saturated carbocycles. The second-order valence-electron chi connectivity index (χ2n) is 7.16. The Morgan fingerprint density at radius 1 is 1.10 bits per heavy atom. The van der Waals surface area contributed by atoms with E-state index in [-0.39, 0.29) is 5.57 Å². The summed E-state index contributed by atoms with van der Waals surface area (Å²) in [4.78, 5) is 22.9. The van der Waals surface area contributed by atoms with Crippen molar-refractivity contribution in [3.05, 3.63) is 54.1 Å². The van der Waals surface area contributed by atoms with E-state index in [9.17, 15) is 15.0 Å². The molecule has 2 aromatic carbocycles. The highest BCUT2D eigenvalue weighted by Crippen LogP contribution is 2.43. The number of anilines is 1. The number of hydrogen-bond acceptors (Lipinski definition) is 8. The van der Waals surface area contributed by atoms with E-state index in [0.717, 1.165) is 5.52 Å². The number of rotatable bonds is 7. The number of Topliss-reactive ketones (excluding diaryl/α,β-unsaturated/α-hetero) is 1. The Kier molecular flexibility index (Phi) is 5.30. The summed E-state index contributed by atoms with van der Waals surface area (Å²) in [5, 5.41) is 23.7. The number of carbonyl (C=O) groups excluding carboxylic acids is 1. The number of aliphatic hydroxyl groups excluding tert-OH is 2. The van der Waals surface area contributed by atoms with Crippen LogP contribution in [0.2, 0.25) is 0 Å². The highest BCUT2D eigenvalue weighted by Gasteiger charge is 2.54. The molecule has 0 amide bonds. The summed E-state index contributed by atoms with van der Waals surface area (Å²) in [5.41, 5.74) is 0.581. The first kappa shape index (κ1) is 20.7. The van der Waals surface area contributed by atoms with Crippen molar-refractivity contribution in [1.82, 2.24) is 15.3 Å². The largest absolute Gasteiger partial charge is 0.497 e. The van der Waals surface area contributed by atoms with Crippen molar-refractivity contribution in [2.75, 3.05) is 39.4 Å². The molecule has 4 N–H and O–H groups in total. The van der Waals surface area contributed by atoms with Gasteiger partial charge < -0.3 is 34.9 Å². The van der Waals surface area contributed by atoms with E-state index >= 15 is 0 Å². The van der Waals surface area contributed by atoms with Crippen LogP contribution in [0.25, 0.3) is 16.6 Å². The molecule has 9 heteroatoms. The average Bonchev–Trinajstić information content (AvgIpc) is 3.34. The fraction of sp³-hybridized carbons (Fsp3) is 0.273. The summed E-state index contributed by atoms with van der Waals surface area (Å²) in [6, 6.07) is 12.5. The van der Waals surface area contributed by atoms with Crippen LogP contribution in [0.3, 0.4) is 0 Å². The van der Waals surface area contributed by atoms with Crippen molar-refractivity contribution >= 4 is 28.1 Å². The van der Waals surface area contributed by atoms with E-state index in [0.29, 0.717) is 34.3 Å². The first-order valence-electron chi connectivity index (χ1n) is 9.70. The van der Waals surface area contributed by atoms with Gasteiger partial charge in [-0.1, -0.05) is 12.1 Å². The van der Waals surface area contributed by atoms with Crippen LogP contribution in [-0.2, 0) is 4.79 Å². The maximum absolute atomic E-state index is 13.6. The predicted octanol–water partition coefficient (Wildman–Crippen LogP) is 1.28. The lowest BCUT2D eigenvalue weighted by molar-refractivity contribution is -0.120. The van der Waals surface area contributed by atoms with Gasteiger partial charge >= 0.3 is 0 Å². The molecule has 31 heavy (non-hydrogen) atoms. The minimum Gasteiger partial charge on any atom is -0.497 e. The predicted molar refractivity (Wildman–Crippen MR) is 116 cm³/mol. The van der Waals surface area contributed by atoms with Gasteiger partial charge in [-0.3, -0.25) is 4.79 Å². The number of imidazole rings is 1. The number of carbonyl (C=O) groups is 1. The van der Waals surface area contributed by atoms with Gasteiger partial charge in [-0.2, -0.15) is 0 Å². The van der Waals surface area contributed by atoms with Crippen molar-refractivity contribution in [3.63, 3.8) is 0 Å². The first-order valence-corrected chi connectivity index (χ1v) is 9.70. The Bertz CT molecular complexity index is 1110. The smallest absolute Gasteiger partial charge is 0.200 e. The van der Waals surface area contributed by atoms with Gasteiger partial charge in [-0.25, -0.2) is 4.98 Å². The zero-order valence-electron chi connectivity index (χ0n) is 17.5. The van der Waals surface area contributed by atoms with E-state index in [1.807, 2.05) is 24.3 Å². The van der Waals surface area contributed by atoms with E-state index in [2.05, 4.69) is 15.3 Å². The van der Waals surface area contributed by atoms with Crippen LogP contribution in [0.1, 0.15) is 5.82 Å². The minimum atomic E-state index is -1.63. The summed E-state index contributed by atoms with van der Waals surface area (Å²) in [6.07, 6.45) is 0. The third-order valence-corrected chi connectivity index (χ3v) is 5.52. The summed E-state index contributed by atoms with van der Waals surface area (Å²) in [5.74, 6) is 1.28. The average molecular weight is 424 g/mol. The normalized spacial score (nSPS) is 15.6. The molecule has 162 valence electrons. The molecule has 1 aliphatic rings. The number of H-pyrrole nitrogens is 1. The van der Waals surface area contributed by atoms with Gasteiger partial charge in [-0.05, 0) is 12.1 Å². The van der Waals surface area contributed by atoms with E-state index in [1.165, 1.54) is 14.2 Å². The van der Waals surface area contributed by atoms with Crippen molar-refractivity contribution in [1.29, 1.82) is 0 Å². The molecule has 0 unspecified atom stereocenters. The Labute approximate surface area is 178 Å². The molecule has 0 fully saturated rings. The molecule has 4 rings (SSSR count). The van der Waals surface area contributed by atoms with Crippen LogP contribution < -0.4 is 19.7 Å². The molecule has 0 aliphatic carbocycles. The molecular formula is C22H24N4O5. The molecule has 0 atom stereocenters. The molecule has 1 aromatic heterocycles. The van der Waals surface area contributed by atoms with Crippen LogP contribution >= 0.6 is 0 Å². The third-order valence-electron chi connectivity index (χ3n) is 5.52. The second kappa shape index (κ2) is 7.93. The monoisotopic (exact) mass is 424 g/mol. The molecule has 0 saturated heterocycles. The number of hydrogen-bond donors (Lipinski definition) is 4. The van der Waals surface area contributed by atoms with E-state index in [1.54, 1.807) is 30.1 Å². The van der Waals surface area contributed by atoms with Crippen LogP contribution in [-0.4, -0.2) is 66.0 Å². The second-order valence-corrected chi connectivity index (χ2v) is 7.16. The maximum atomic E-state index is 13.6. The van der Waals surface area contributed by atoms with Gasteiger partial charge in [0.2, 0.25) is 5.78 Å². The fourth-order valence-electron chi connectivity index (χ4n) is 3.93. The van der Waals surface area contributed by atoms with Gasteiger partial charge in [0.1, 0.15) is 28.7 Å². The summed E-state index contributed by atoms with van der Waals surface area (Å²) in [7, 11) is 4.71. The van der Waals surface area contributed by atoms with Crippen LogP contribution in [0.5, 0.6) is 11.5 Å². The quantitative estimate of drug-likeness (QED) is 0.448. The van der Waals surface area contributed by atoms with Crippen molar-refractivity contribution in [2.24, 2.45) is 0 Å². The highest BCUT2D eigenvalue weighted by atomic mass is 16.5. The van der Waals surface area contributed by atoms with E-state index in [4.69, 9.17) is 9.47 Å². The minimum absolute atomic E-state index is 0.239. The number of aromatic nitrogens is 2. The Morgan fingerprint density at radius 3 is 2.29 bits per heavy atom. The fourth-order valence-corrected chi connectivity index (χ4v) is 3.93. The number of para-hydroxylation sites is 2. The topological polar surface area (TPSA) is 120 Å². The van der Waals surface area contributed by atoms with Crippen molar-refractivity contribution < 1.29 is 24.5 Å². The van der Waals surface area contributed by atoms with Gasteiger partial charge in [0.25, 0.3) is 0 Å². The molecule has 0 bridgehead atoms. The summed E-state index contributed by atoms with van der Waals surface area (Å²) in [6.45, 7) is -1.23. The first-order chi connectivity index (χ1) is 15.0. The lowest BCUT2D eigenvalue weighted by Crippen LogP contribution is -2.57. The standard InChI is InChI=1S/C22H24N4O5/c1-23-21-18(20-24-16-6-4-5-7-17(16)25-20)19(29)22(11-27,12-28)26(21)13-8-14(30-2)10-15(9-13)31-3/h4-10,23,27-28H,11-12H2,1-3H3,(H,24,25). The number of nitrogens with one attached hydrogen (secondary N) is 2. The number of aliphatic hydroxyl groups is 2. The molecule has 0 spiro atoms. The van der Waals surface area contributed by atoms with Crippen LogP contribution in [0.15, 0.2) is 48.3 Å². The Balaban J connectivity index is 1.98. The van der Waals surface area contributed by atoms with Crippen molar-refractivity contribution in [3.8, 4) is 11.5 Å². The highest BCUT2D eigenvalue weighted by molar-refractivity contribution is 6.30. The zero-order chi connectivity index (χ0) is 22.2. The summed E-state index contributed by atoms with van der Waals surface area (Å²) >= 11 is 0. The van der Waals surface area contributed by atoms with E-state index < -0.39 is 24.5 Å². The lowest BCUT2D eigenvalue weighted by atomic mass is 9.92. The number of methoxy groups -OCH3 is 2. The number of ketones is 1. The van der Waals surface area contributed by atoms with Crippen molar-refractivity contribution in [2.45, 2.75) is 5.54 Å². The number of benzene rings is 2. The maximum Gasteiger partial charge on any atom is 0.200 e. The molecule has 1 aliphatic heterocycles. The van der Waals surface area contributed by atoms with Gasteiger partial charge in [0.05, 0.1) is 44.2 Å². The molecule has 2 heterocycles. The van der Waals surface area contributed by atoms with Gasteiger partial charge in [0, 0.05) is 25.2 Å². The van der Waals surface area contributed by atoms with Crippen LogP contribution in [0.4, 0.5) is 5.69 Å².